The minimum Gasteiger partial charge on any atom is -0.394 e. The predicted octanol–water partition coefficient (Wildman–Crippen LogP) is -0.828. The molecule has 1 aromatic heterocycles. The van der Waals surface area contributed by atoms with Crippen LogP contribution in [0.4, 0.5) is 5.82 Å². The van der Waals surface area contributed by atoms with Crippen molar-refractivity contribution in [1.29, 1.82) is 0 Å². The zero-order chi connectivity index (χ0) is 13.3. The van der Waals surface area contributed by atoms with Gasteiger partial charge in [0.05, 0.1) is 12.7 Å². The second-order valence-electron chi connectivity index (χ2n) is 4.35. The van der Waals surface area contributed by atoms with E-state index in [1.165, 1.54) is 4.57 Å². The Kier molecular flexibility index (Phi) is 3.65. The Morgan fingerprint density at radius 3 is 2.83 bits per heavy atom. The molecule has 4 atom stereocenters. The lowest BCUT2D eigenvalue weighted by Gasteiger charge is -2.18. The van der Waals surface area contributed by atoms with Crippen molar-refractivity contribution in [3.63, 3.8) is 0 Å². The molecular weight excluding hydrogens is 238 g/mol. The fraction of sp³-hybridized carbons (Fsp3) is 0.636. The van der Waals surface area contributed by atoms with Gasteiger partial charge in [-0.3, -0.25) is 4.57 Å². The van der Waals surface area contributed by atoms with Gasteiger partial charge in [-0.2, -0.15) is 4.98 Å². The van der Waals surface area contributed by atoms with Crippen LogP contribution in [0.2, 0.25) is 0 Å². The summed E-state index contributed by atoms with van der Waals surface area (Å²) in [5.74, 6) is 0.184. The number of aliphatic hydroxyl groups excluding tert-OH is 2. The van der Waals surface area contributed by atoms with E-state index < -0.39 is 24.1 Å². The van der Waals surface area contributed by atoms with Crippen LogP contribution in [-0.4, -0.2) is 45.6 Å². The number of hydrogen-bond donors (Lipinski definition) is 3. The van der Waals surface area contributed by atoms with Gasteiger partial charge in [-0.05, 0) is 6.07 Å². The van der Waals surface area contributed by atoms with Gasteiger partial charge in [0.1, 0.15) is 18.1 Å². The van der Waals surface area contributed by atoms with Crippen molar-refractivity contribution in [2.75, 3.05) is 19.0 Å². The molecule has 1 aromatic rings. The van der Waals surface area contributed by atoms with Crippen LogP contribution < -0.4 is 11.0 Å². The maximum absolute atomic E-state index is 11.8. The fourth-order valence-electron chi connectivity index (χ4n) is 2.11. The Balaban J connectivity index is 2.30. The zero-order valence-electron chi connectivity index (χ0n) is 10.3. The standard InChI is InChI=1S/C11H17N3O4/c1-6-9(16)7(5-15)18-10(6)14-4-3-8(12-2)13-11(14)17/h3-4,6-7,9-10,15-16H,5H2,1-2H3,(H,12,13,17)/t6?,7-,9+,10-/m1/s1. The lowest BCUT2D eigenvalue weighted by atomic mass is 10.0. The van der Waals surface area contributed by atoms with Crippen LogP contribution in [0.3, 0.4) is 0 Å². The summed E-state index contributed by atoms with van der Waals surface area (Å²) in [5, 5.41) is 21.7. The molecule has 3 N–H and O–H groups in total. The molecule has 18 heavy (non-hydrogen) atoms. The molecule has 0 spiro atoms. The van der Waals surface area contributed by atoms with Crippen molar-refractivity contribution in [2.45, 2.75) is 25.4 Å². The molecule has 0 aromatic carbocycles. The van der Waals surface area contributed by atoms with Crippen molar-refractivity contribution >= 4 is 5.82 Å². The van der Waals surface area contributed by atoms with Gasteiger partial charge in [0.25, 0.3) is 0 Å². The molecule has 7 heteroatoms. The minimum absolute atomic E-state index is 0.279. The smallest absolute Gasteiger partial charge is 0.351 e. The quantitative estimate of drug-likeness (QED) is 0.652. The third-order valence-electron chi connectivity index (χ3n) is 3.22. The number of aromatic nitrogens is 2. The number of rotatable bonds is 3. The van der Waals surface area contributed by atoms with Crippen molar-refractivity contribution in [2.24, 2.45) is 5.92 Å². The second-order valence-corrected chi connectivity index (χ2v) is 4.35. The van der Waals surface area contributed by atoms with Gasteiger partial charge in [0, 0.05) is 19.2 Å². The monoisotopic (exact) mass is 255 g/mol. The van der Waals surface area contributed by atoms with E-state index in [1.807, 2.05) is 0 Å². The van der Waals surface area contributed by atoms with E-state index in [0.717, 1.165) is 0 Å². The number of aliphatic hydroxyl groups is 2. The topological polar surface area (TPSA) is 96.6 Å². The summed E-state index contributed by atoms with van der Waals surface area (Å²) in [7, 11) is 1.67. The zero-order valence-corrected chi connectivity index (χ0v) is 10.3. The highest BCUT2D eigenvalue weighted by atomic mass is 16.5. The Morgan fingerprint density at radius 2 is 2.33 bits per heavy atom. The first-order valence-electron chi connectivity index (χ1n) is 5.79. The van der Waals surface area contributed by atoms with E-state index in [-0.39, 0.29) is 12.5 Å². The van der Waals surface area contributed by atoms with Crippen molar-refractivity contribution < 1.29 is 14.9 Å². The van der Waals surface area contributed by atoms with Gasteiger partial charge in [-0.1, -0.05) is 6.92 Å². The van der Waals surface area contributed by atoms with E-state index in [9.17, 15) is 9.90 Å². The molecule has 2 heterocycles. The summed E-state index contributed by atoms with van der Waals surface area (Å²) in [6, 6.07) is 1.65. The Bertz CT molecular complexity index is 476. The van der Waals surface area contributed by atoms with Crippen molar-refractivity contribution in [3.8, 4) is 0 Å². The van der Waals surface area contributed by atoms with Crippen LogP contribution in [0.25, 0.3) is 0 Å². The summed E-state index contributed by atoms with van der Waals surface area (Å²) in [6.07, 6.45) is -0.505. The fourth-order valence-corrected chi connectivity index (χ4v) is 2.11. The SMILES string of the molecule is CNc1ccn([C@@H]2O[C@H](CO)[C@@H](O)C2C)c(=O)n1. The van der Waals surface area contributed by atoms with E-state index in [4.69, 9.17) is 9.84 Å². The largest absolute Gasteiger partial charge is 0.394 e. The van der Waals surface area contributed by atoms with Gasteiger partial charge in [-0.25, -0.2) is 4.79 Å². The third-order valence-corrected chi connectivity index (χ3v) is 3.22. The number of nitrogens with one attached hydrogen (secondary N) is 1. The van der Waals surface area contributed by atoms with E-state index in [2.05, 4.69) is 10.3 Å². The van der Waals surface area contributed by atoms with E-state index in [0.29, 0.717) is 5.82 Å². The third kappa shape index (κ3) is 2.12. The maximum atomic E-state index is 11.8. The van der Waals surface area contributed by atoms with Gasteiger partial charge in [0.2, 0.25) is 0 Å². The summed E-state index contributed by atoms with van der Waals surface area (Å²) in [6.45, 7) is 1.49. The molecule has 0 amide bonds. The van der Waals surface area contributed by atoms with Crippen LogP contribution in [0.15, 0.2) is 17.1 Å². The van der Waals surface area contributed by atoms with Crippen LogP contribution in [-0.2, 0) is 4.74 Å². The second kappa shape index (κ2) is 5.05. The number of ether oxygens (including phenoxy) is 1. The maximum Gasteiger partial charge on any atom is 0.351 e. The summed E-state index contributed by atoms with van der Waals surface area (Å²) < 4.78 is 6.80. The number of hydrogen-bond acceptors (Lipinski definition) is 6. The van der Waals surface area contributed by atoms with Gasteiger partial charge < -0.3 is 20.3 Å². The normalized spacial score (nSPS) is 31.6. The first-order valence-corrected chi connectivity index (χ1v) is 5.79. The average molecular weight is 255 g/mol. The van der Waals surface area contributed by atoms with Gasteiger partial charge >= 0.3 is 5.69 Å². The number of anilines is 1. The molecular formula is C11H17N3O4. The van der Waals surface area contributed by atoms with Crippen molar-refractivity contribution in [1.82, 2.24) is 9.55 Å². The summed E-state index contributed by atoms with van der Waals surface area (Å²) in [4.78, 5) is 15.6. The molecule has 100 valence electrons. The molecule has 0 radical (unpaired) electrons. The molecule has 0 aliphatic carbocycles. The minimum atomic E-state index is -0.795. The van der Waals surface area contributed by atoms with E-state index >= 15 is 0 Å². The Labute approximate surface area is 104 Å². The van der Waals surface area contributed by atoms with E-state index in [1.54, 1.807) is 26.2 Å². The Hall–Kier alpha value is -1.44. The first-order chi connectivity index (χ1) is 8.58. The summed E-state index contributed by atoms with van der Waals surface area (Å²) in [5.41, 5.74) is -0.454. The lowest BCUT2D eigenvalue weighted by molar-refractivity contribution is -0.0476. The molecule has 0 bridgehead atoms. The van der Waals surface area contributed by atoms with Crippen LogP contribution in [0.5, 0.6) is 0 Å². The molecule has 1 fully saturated rings. The highest BCUT2D eigenvalue weighted by molar-refractivity contribution is 5.30. The highest BCUT2D eigenvalue weighted by Crippen LogP contribution is 2.33. The lowest BCUT2D eigenvalue weighted by Crippen LogP contribution is -2.30. The molecule has 2 rings (SSSR count). The molecule has 1 unspecified atom stereocenters. The predicted molar refractivity (Wildman–Crippen MR) is 64.2 cm³/mol. The number of nitrogens with zero attached hydrogens (tertiary/aromatic N) is 2. The van der Waals surface area contributed by atoms with Crippen LogP contribution in [0, 0.1) is 5.92 Å². The van der Waals surface area contributed by atoms with Gasteiger partial charge in [0.15, 0.2) is 0 Å². The molecule has 1 aliphatic rings. The molecule has 7 nitrogen and oxygen atoms in total. The van der Waals surface area contributed by atoms with Crippen LogP contribution in [0.1, 0.15) is 13.2 Å². The average Bonchev–Trinajstić information content (AvgIpc) is 2.66. The van der Waals surface area contributed by atoms with Crippen molar-refractivity contribution in [3.05, 3.63) is 22.7 Å². The molecule has 1 saturated heterocycles. The summed E-state index contributed by atoms with van der Waals surface area (Å²) >= 11 is 0. The Morgan fingerprint density at radius 1 is 1.61 bits per heavy atom. The molecule has 0 saturated carbocycles. The van der Waals surface area contributed by atoms with Gasteiger partial charge in [-0.15, -0.1) is 0 Å². The van der Waals surface area contributed by atoms with Crippen LogP contribution >= 0.6 is 0 Å². The first kappa shape index (κ1) is 13.0. The highest BCUT2D eigenvalue weighted by Gasteiger charge is 2.41. The molecule has 1 aliphatic heterocycles.